The van der Waals surface area contributed by atoms with Gasteiger partial charge in [0.25, 0.3) is 0 Å². The van der Waals surface area contributed by atoms with Gasteiger partial charge in [-0.2, -0.15) is 5.26 Å². The van der Waals surface area contributed by atoms with Gasteiger partial charge < -0.3 is 10.2 Å². The SMILES string of the molecule is N#CC(C(=O)N1CCCCC1)C(=S)Nc1ccccc1. The van der Waals surface area contributed by atoms with Gasteiger partial charge in [-0.1, -0.05) is 30.4 Å². The first-order chi connectivity index (χ1) is 9.72. The van der Waals surface area contributed by atoms with E-state index in [0.29, 0.717) is 0 Å². The molecule has 1 heterocycles. The number of para-hydroxylation sites is 1. The van der Waals surface area contributed by atoms with Crippen LogP contribution in [0.2, 0.25) is 0 Å². The number of anilines is 1. The monoisotopic (exact) mass is 287 g/mol. The molecule has 1 N–H and O–H groups in total. The van der Waals surface area contributed by atoms with Crippen LogP contribution in [0.3, 0.4) is 0 Å². The van der Waals surface area contributed by atoms with Crippen molar-refractivity contribution in [3.8, 4) is 6.07 Å². The van der Waals surface area contributed by atoms with Crippen LogP contribution in [0.4, 0.5) is 5.69 Å². The molecule has 1 aliphatic heterocycles. The van der Waals surface area contributed by atoms with E-state index in [1.807, 2.05) is 36.4 Å². The second-order valence-corrected chi connectivity index (χ2v) is 5.24. The molecule has 1 saturated heterocycles. The molecule has 4 nitrogen and oxygen atoms in total. The summed E-state index contributed by atoms with van der Waals surface area (Å²) in [6.45, 7) is 1.45. The normalized spacial score (nSPS) is 16.1. The van der Waals surface area contributed by atoms with E-state index in [4.69, 9.17) is 12.2 Å². The van der Waals surface area contributed by atoms with Crippen LogP contribution in [0.1, 0.15) is 19.3 Å². The van der Waals surface area contributed by atoms with Crippen LogP contribution in [0, 0.1) is 17.2 Å². The van der Waals surface area contributed by atoms with Crippen molar-refractivity contribution in [2.24, 2.45) is 5.92 Å². The average molecular weight is 287 g/mol. The van der Waals surface area contributed by atoms with Crippen LogP contribution in [0.15, 0.2) is 30.3 Å². The molecule has 0 saturated carbocycles. The number of hydrogen-bond acceptors (Lipinski definition) is 3. The second kappa shape index (κ2) is 7.01. The van der Waals surface area contributed by atoms with Crippen LogP contribution >= 0.6 is 12.2 Å². The van der Waals surface area contributed by atoms with Crippen molar-refractivity contribution in [1.82, 2.24) is 4.90 Å². The minimum Gasteiger partial charge on any atom is -0.348 e. The number of thiocarbonyl (C=S) groups is 1. The van der Waals surface area contributed by atoms with Gasteiger partial charge in [0.05, 0.1) is 6.07 Å². The third-order valence-corrected chi connectivity index (χ3v) is 3.69. The fourth-order valence-corrected chi connectivity index (χ4v) is 2.53. The van der Waals surface area contributed by atoms with Crippen molar-refractivity contribution in [3.63, 3.8) is 0 Å². The largest absolute Gasteiger partial charge is 0.348 e. The molecule has 0 aromatic heterocycles. The number of hydrogen-bond donors (Lipinski definition) is 1. The third-order valence-electron chi connectivity index (χ3n) is 3.35. The van der Waals surface area contributed by atoms with E-state index in [2.05, 4.69) is 5.32 Å². The summed E-state index contributed by atoms with van der Waals surface area (Å²) >= 11 is 5.22. The first kappa shape index (κ1) is 14.5. The molecule has 0 bridgehead atoms. The minimum atomic E-state index is -0.900. The van der Waals surface area contributed by atoms with Crippen LogP contribution in [0.5, 0.6) is 0 Å². The smallest absolute Gasteiger partial charge is 0.246 e. The highest BCUT2D eigenvalue weighted by molar-refractivity contribution is 7.80. The van der Waals surface area contributed by atoms with Crippen molar-refractivity contribution < 1.29 is 4.79 Å². The zero-order valence-corrected chi connectivity index (χ0v) is 12.0. The molecule has 1 atom stereocenters. The Labute approximate surface area is 124 Å². The van der Waals surface area contributed by atoms with Gasteiger partial charge in [0.1, 0.15) is 4.99 Å². The van der Waals surface area contributed by atoms with E-state index in [1.54, 1.807) is 4.90 Å². The van der Waals surface area contributed by atoms with Gasteiger partial charge in [-0.15, -0.1) is 0 Å². The standard InChI is InChI=1S/C15H17N3OS/c16-11-13(15(19)18-9-5-2-6-10-18)14(20)17-12-7-3-1-4-8-12/h1,3-4,7-8,13H,2,5-6,9-10H2,(H,17,20). The lowest BCUT2D eigenvalue weighted by Gasteiger charge is -2.28. The summed E-state index contributed by atoms with van der Waals surface area (Å²) in [4.78, 5) is 14.4. The maximum absolute atomic E-state index is 12.3. The number of rotatable bonds is 3. The number of nitrogens with one attached hydrogen (secondary N) is 1. The third kappa shape index (κ3) is 3.55. The van der Waals surface area contributed by atoms with E-state index in [9.17, 15) is 10.1 Å². The molecule has 1 aromatic rings. The van der Waals surface area contributed by atoms with Crippen LogP contribution in [-0.4, -0.2) is 28.9 Å². The van der Waals surface area contributed by atoms with Gasteiger partial charge in [-0.25, -0.2) is 0 Å². The first-order valence-corrected chi connectivity index (χ1v) is 7.17. The van der Waals surface area contributed by atoms with Crippen molar-refractivity contribution in [3.05, 3.63) is 30.3 Å². The first-order valence-electron chi connectivity index (χ1n) is 6.76. The topological polar surface area (TPSA) is 56.1 Å². The Hall–Kier alpha value is -1.93. The van der Waals surface area contributed by atoms with Crippen molar-refractivity contribution in [2.75, 3.05) is 18.4 Å². The van der Waals surface area contributed by atoms with Crippen molar-refractivity contribution in [2.45, 2.75) is 19.3 Å². The van der Waals surface area contributed by atoms with Gasteiger partial charge in [-0.3, -0.25) is 4.79 Å². The van der Waals surface area contributed by atoms with E-state index >= 15 is 0 Å². The Balaban J connectivity index is 2.02. The molecule has 1 aromatic carbocycles. The number of likely N-dealkylation sites (tertiary alicyclic amines) is 1. The Bertz CT molecular complexity index is 518. The Morgan fingerprint density at radius 3 is 2.50 bits per heavy atom. The lowest BCUT2D eigenvalue weighted by molar-refractivity contribution is -0.132. The highest BCUT2D eigenvalue weighted by Gasteiger charge is 2.28. The van der Waals surface area contributed by atoms with E-state index < -0.39 is 5.92 Å². The summed E-state index contributed by atoms with van der Waals surface area (Å²) in [5.41, 5.74) is 0.796. The maximum atomic E-state index is 12.3. The summed E-state index contributed by atoms with van der Waals surface area (Å²) in [5.74, 6) is -1.08. The lowest BCUT2D eigenvalue weighted by Crippen LogP contribution is -2.42. The number of nitrogens with zero attached hydrogens (tertiary/aromatic N) is 2. The molecule has 5 heteroatoms. The Morgan fingerprint density at radius 1 is 1.25 bits per heavy atom. The summed E-state index contributed by atoms with van der Waals surface area (Å²) in [6.07, 6.45) is 3.15. The second-order valence-electron chi connectivity index (χ2n) is 4.80. The lowest BCUT2D eigenvalue weighted by atomic mass is 10.1. The van der Waals surface area contributed by atoms with E-state index in [0.717, 1.165) is 38.0 Å². The summed E-state index contributed by atoms with van der Waals surface area (Å²) in [5, 5.41) is 12.2. The number of piperidine rings is 1. The maximum Gasteiger partial charge on any atom is 0.246 e. The van der Waals surface area contributed by atoms with Gasteiger partial charge in [-0.05, 0) is 31.4 Å². The number of carbonyl (C=O) groups excluding carboxylic acids is 1. The zero-order valence-electron chi connectivity index (χ0n) is 11.2. The molecule has 0 spiro atoms. The zero-order chi connectivity index (χ0) is 14.4. The van der Waals surface area contributed by atoms with Crippen molar-refractivity contribution in [1.29, 1.82) is 5.26 Å². The molecule has 0 radical (unpaired) electrons. The van der Waals surface area contributed by atoms with Crippen LogP contribution in [-0.2, 0) is 4.79 Å². The number of nitriles is 1. The van der Waals surface area contributed by atoms with Crippen LogP contribution in [0.25, 0.3) is 0 Å². The molecule has 1 amide bonds. The summed E-state index contributed by atoms with van der Waals surface area (Å²) < 4.78 is 0. The Kier molecular flexibility index (Phi) is 5.08. The van der Waals surface area contributed by atoms with E-state index in [-0.39, 0.29) is 10.9 Å². The van der Waals surface area contributed by atoms with Gasteiger partial charge in [0.15, 0.2) is 5.92 Å². The number of carbonyl (C=O) groups is 1. The van der Waals surface area contributed by atoms with Crippen LogP contribution < -0.4 is 5.32 Å². The molecular formula is C15H17N3OS. The van der Waals surface area contributed by atoms with Gasteiger partial charge in [0, 0.05) is 18.8 Å². The molecule has 0 aliphatic carbocycles. The number of amides is 1. The predicted molar refractivity (Wildman–Crippen MR) is 82.2 cm³/mol. The van der Waals surface area contributed by atoms with Gasteiger partial charge in [0.2, 0.25) is 5.91 Å². The highest BCUT2D eigenvalue weighted by atomic mass is 32.1. The Morgan fingerprint density at radius 2 is 1.90 bits per heavy atom. The average Bonchev–Trinajstić information content (AvgIpc) is 2.49. The predicted octanol–water partition coefficient (Wildman–Crippen LogP) is 2.58. The summed E-state index contributed by atoms with van der Waals surface area (Å²) in [6, 6.07) is 11.4. The molecule has 1 aliphatic rings. The molecule has 1 fully saturated rings. The molecular weight excluding hydrogens is 270 g/mol. The quantitative estimate of drug-likeness (QED) is 0.868. The molecule has 2 rings (SSSR count). The van der Waals surface area contributed by atoms with Gasteiger partial charge >= 0.3 is 0 Å². The molecule has 1 unspecified atom stereocenters. The highest BCUT2D eigenvalue weighted by Crippen LogP contribution is 2.15. The fraction of sp³-hybridized carbons (Fsp3) is 0.400. The summed E-state index contributed by atoms with van der Waals surface area (Å²) in [7, 11) is 0. The number of benzene rings is 1. The van der Waals surface area contributed by atoms with E-state index in [1.165, 1.54) is 0 Å². The molecule has 20 heavy (non-hydrogen) atoms. The fourth-order valence-electron chi connectivity index (χ4n) is 2.26. The minimum absolute atomic E-state index is 0.180. The molecule has 104 valence electrons. The van der Waals surface area contributed by atoms with Crippen molar-refractivity contribution >= 4 is 28.8 Å².